The van der Waals surface area contributed by atoms with Crippen LogP contribution in [0.1, 0.15) is 78.6 Å². The highest BCUT2D eigenvalue weighted by Gasteiger charge is 2.09. The molecule has 0 atom stereocenters. The summed E-state index contributed by atoms with van der Waals surface area (Å²) in [5, 5.41) is 3.42. The van der Waals surface area contributed by atoms with Gasteiger partial charge in [-0.05, 0) is 24.8 Å². The van der Waals surface area contributed by atoms with Crippen molar-refractivity contribution >= 4 is 0 Å². The maximum absolute atomic E-state index is 3.42. The third-order valence-electron chi connectivity index (χ3n) is 4.36. The molecule has 0 radical (unpaired) electrons. The fourth-order valence-electron chi connectivity index (χ4n) is 2.99. The maximum atomic E-state index is 3.42. The van der Waals surface area contributed by atoms with Crippen molar-refractivity contribution in [2.45, 2.75) is 78.6 Å². The summed E-state index contributed by atoms with van der Waals surface area (Å²) in [6, 6.07) is 0. The molecule has 0 unspecified atom stereocenters. The van der Waals surface area contributed by atoms with Gasteiger partial charge in [-0.1, -0.05) is 65.7 Å². The van der Waals surface area contributed by atoms with Crippen LogP contribution in [0, 0.1) is 5.41 Å². The summed E-state index contributed by atoms with van der Waals surface area (Å²) < 4.78 is 0. The van der Waals surface area contributed by atoms with Crippen LogP contribution in [0.15, 0.2) is 0 Å². The van der Waals surface area contributed by atoms with Crippen LogP contribution in [-0.4, -0.2) is 37.6 Å². The molecule has 1 aliphatic heterocycles. The Morgan fingerprint density at radius 3 is 1.80 bits per heavy atom. The van der Waals surface area contributed by atoms with Gasteiger partial charge in [0.2, 0.25) is 0 Å². The predicted molar refractivity (Wildman–Crippen MR) is 90.3 cm³/mol. The van der Waals surface area contributed by atoms with Crippen LogP contribution < -0.4 is 5.32 Å². The highest BCUT2D eigenvalue weighted by atomic mass is 15.2. The van der Waals surface area contributed by atoms with Crippen LogP contribution in [0.5, 0.6) is 0 Å². The molecular weight excluding hydrogens is 244 g/mol. The highest BCUT2D eigenvalue weighted by molar-refractivity contribution is 4.67. The van der Waals surface area contributed by atoms with Crippen LogP contribution >= 0.6 is 0 Å². The molecule has 0 aromatic carbocycles. The van der Waals surface area contributed by atoms with Gasteiger partial charge in [0.15, 0.2) is 0 Å². The van der Waals surface area contributed by atoms with E-state index >= 15 is 0 Å². The zero-order valence-electron chi connectivity index (χ0n) is 14.3. The SMILES string of the molecule is CC(C)(C)CCCCCCCCCCN1CCNCC1. The molecule has 1 N–H and O–H groups in total. The van der Waals surface area contributed by atoms with E-state index in [1.165, 1.54) is 90.5 Å². The smallest absolute Gasteiger partial charge is 0.0107 e. The lowest BCUT2D eigenvalue weighted by molar-refractivity contribution is 0.236. The van der Waals surface area contributed by atoms with E-state index in [0.29, 0.717) is 5.41 Å². The molecule has 1 saturated heterocycles. The topological polar surface area (TPSA) is 15.3 Å². The zero-order chi connectivity index (χ0) is 14.7. The van der Waals surface area contributed by atoms with E-state index in [-0.39, 0.29) is 0 Å². The summed E-state index contributed by atoms with van der Waals surface area (Å²) >= 11 is 0. The number of piperazine rings is 1. The Morgan fingerprint density at radius 2 is 1.25 bits per heavy atom. The summed E-state index contributed by atoms with van der Waals surface area (Å²) in [6.45, 7) is 13.3. The Bertz CT molecular complexity index is 214. The molecule has 1 heterocycles. The molecule has 2 nitrogen and oxygen atoms in total. The molecule has 120 valence electrons. The van der Waals surface area contributed by atoms with Gasteiger partial charge in [-0.15, -0.1) is 0 Å². The molecule has 0 amide bonds. The van der Waals surface area contributed by atoms with Gasteiger partial charge in [0, 0.05) is 26.2 Å². The standard InChI is InChI=1S/C18H38N2/c1-18(2,3)12-10-8-6-4-5-7-9-11-15-20-16-13-19-14-17-20/h19H,4-17H2,1-3H3. The van der Waals surface area contributed by atoms with Gasteiger partial charge in [-0.3, -0.25) is 0 Å². The molecule has 0 aromatic heterocycles. The summed E-state index contributed by atoms with van der Waals surface area (Å²) in [5.41, 5.74) is 0.532. The quantitative estimate of drug-likeness (QED) is 0.596. The normalized spacial score (nSPS) is 17.6. The average Bonchev–Trinajstić information content (AvgIpc) is 2.41. The second kappa shape index (κ2) is 10.6. The summed E-state index contributed by atoms with van der Waals surface area (Å²) in [7, 11) is 0. The van der Waals surface area contributed by atoms with E-state index in [9.17, 15) is 0 Å². The van der Waals surface area contributed by atoms with E-state index in [4.69, 9.17) is 0 Å². The molecule has 0 bridgehead atoms. The number of hydrogen-bond acceptors (Lipinski definition) is 2. The van der Waals surface area contributed by atoms with E-state index in [1.807, 2.05) is 0 Å². The fourth-order valence-corrected chi connectivity index (χ4v) is 2.99. The van der Waals surface area contributed by atoms with Gasteiger partial charge in [0.05, 0.1) is 0 Å². The molecule has 20 heavy (non-hydrogen) atoms. The fraction of sp³-hybridized carbons (Fsp3) is 1.00. The van der Waals surface area contributed by atoms with Crippen molar-refractivity contribution < 1.29 is 0 Å². The van der Waals surface area contributed by atoms with Crippen LogP contribution in [0.25, 0.3) is 0 Å². The van der Waals surface area contributed by atoms with Crippen molar-refractivity contribution in [2.24, 2.45) is 5.41 Å². The number of nitrogens with one attached hydrogen (secondary N) is 1. The Hall–Kier alpha value is -0.0800. The lowest BCUT2D eigenvalue weighted by Crippen LogP contribution is -2.43. The third kappa shape index (κ3) is 10.7. The van der Waals surface area contributed by atoms with E-state index in [1.54, 1.807) is 0 Å². The predicted octanol–water partition coefficient (Wildman–Crippen LogP) is 4.45. The molecule has 2 heteroatoms. The lowest BCUT2D eigenvalue weighted by Gasteiger charge is -2.27. The van der Waals surface area contributed by atoms with E-state index < -0.39 is 0 Å². The average molecular weight is 283 g/mol. The minimum Gasteiger partial charge on any atom is -0.314 e. The molecule has 0 aromatic rings. The second-order valence-corrected chi connectivity index (χ2v) is 7.73. The maximum Gasteiger partial charge on any atom is 0.0107 e. The van der Waals surface area contributed by atoms with Gasteiger partial charge in [0.25, 0.3) is 0 Å². The Labute approximate surface area is 127 Å². The van der Waals surface area contributed by atoms with E-state index in [0.717, 1.165) is 0 Å². The molecule has 1 aliphatic rings. The van der Waals surface area contributed by atoms with Crippen LogP contribution in [0.4, 0.5) is 0 Å². The first kappa shape index (κ1) is 18.0. The molecule has 0 spiro atoms. The van der Waals surface area contributed by atoms with Crippen molar-refractivity contribution in [3.8, 4) is 0 Å². The van der Waals surface area contributed by atoms with Gasteiger partial charge < -0.3 is 10.2 Å². The van der Waals surface area contributed by atoms with Crippen molar-refractivity contribution in [3.63, 3.8) is 0 Å². The molecule has 0 aliphatic carbocycles. The Morgan fingerprint density at radius 1 is 0.750 bits per heavy atom. The Kier molecular flexibility index (Phi) is 9.54. The summed E-state index contributed by atoms with van der Waals surface area (Å²) in [4.78, 5) is 2.61. The minimum atomic E-state index is 0.532. The minimum absolute atomic E-state index is 0.532. The molecule has 1 rings (SSSR count). The highest BCUT2D eigenvalue weighted by Crippen LogP contribution is 2.22. The Balaban J connectivity index is 1.76. The number of rotatable bonds is 10. The van der Waals surface area contributed by atoms with Crippen molar-refractivity contribution in [2.75, 3.05) is 32.7 Å². The van der Waals surface area contributed by atoms with Crippen molar-refractivity contribution in [1.29, 1.82) is 0 Å². The van der Waals surface area contributed by atoms with Gasteiger partial charge in [-0.2, -0.15) is 0 Å². The third-order valence-corrected chi connectivity index (χ3v) is 4.36. The number of hydrogen-bond donors (Lipinski definition) is 1. The first-order chi connectivity index (χ1) is 9.58. The van der Waals surface area contributed by atoms with Gasteiger partial charge in [-0.25, -0.2) is 0 Å². The molecule has 0 saturated carbocycles. The van der Waals surface area contributed by atoms with Gasteiger partial charge in [0.1, 0.15) is 0 Å². The van der Waals surface area contributed by atoms with Crippen LogP contribution in [-0.2, 0) is 0 Å². The summed E-state index contributed by atoms with van der Waals surface area (Å²) in [6.07, 6.45) is 12.9. The number of nitrogens with zero attached hydrogens (tertiary/aromatic N) is 1. The largest absolute Gasteiger partial charge is 0.314 e. The first-order valence-electron chi connectivity index (χ1n) is 9.01. The van der Waals surface area contributed by atoms with Crippen LogP contribution in [0.2, 0.25) is 0 Å². The molecular formula is C18H38N2. The first-order valence-corrected chi connectivity index (χ1v) is 9.01. The monoisotopic (exact) mass is 282 g/mol. The zero-order valence-corrected chi connectivity index (χ0v) is 14.3. The van der Waals surface area contributed by atoms with Crippen LogP contribution in [0.3, 0.4) is 0 Å². The van der Waals surface area contributed by atoms with Crippen molar-refractivity contribution in [3.05, 3.63) is 0 Å². The molecule has 1 fully saturated rings. The van der Waals surface area contributed by atoms with E-state index in [2.05, 4.69) is 31.0 Å². The second-order valence-electron chi connectivity index (χ2n) is 7.73. The number of unbranched alkanes of at least 4 members (excludes halogenated alkanes) is 7. The summed E-state index contributed by atoms with van der Waals surface area (Å²) in [5.74, 6) is 0. The lowest BCUT2D eigenvalue weighted by atomic mass is 9.89. The van der Waals surface area contributed by atoms with Crippen molar-refractivity contribution in [1.82, 2.24) is 10.2 Å². The van der Waals surface area contributed by atoms with Gasteiger partial charge >= 0.3 is 0 Å².